The first-order valence-corrected chi connectivity index (χ1v) is 5.84. The van der Waals surface area contributed by atoms with Crippen molar-refractivity contribution in [3.05, 3.63) is 45.7 Å². The van der Waals surface area contributed by atoms with Crippen molar-refractivity contribution in [1.82, 2.24) is 9.78 Å². The van der Waals surface area contributed by atoms with E-state index < -0.39 is 5.24 Å². The van der Waals surface area contributed by atoms with Gasteiger partial charge < -0.3 is 0 Å². The van der Waals surface area contributed by atoms with Crippen LogP contribution in [0.2, 0.25) is 10.0 Å². The number of aryl methyl sites for hydroxylation is 1. The van der Waals surface area contributed by atoms with Crippen LogP contribution in [0.25, 0.3) is 5.69 Å². The van der Waals surface area contributed by atoms with Gasteiger partial charge in [-0.15, -0.1) is 0 Å². The molecule has 0 aliphatic heterocycles. The molecule has 0 saturated carbocycles. The summed E-state index contributed by atoms with van der Waals surface area (Å²) in [6.07, 6.45) is 1.54. The minimum absolute atomic E-state index is 0.265. The van der Waals surface area contributed by atoms with Gasteiger partial charge in [0.05, 0.1) is 16.2 Å². The van der Waals surface area contributed by atoms with Gasteiger partial charge in [0.15, 0.2) is 0 Å². The van der Waals surface area contributed by atoms with Crippen LogP contribution in [0, 0.1) is 6.92 Å². The van der Waals surface area contributed by atoms with Crippen molar-refractivity contribution in [2.45, 2.75) is 6.92 Å². The van der Waals surface area contributed by atoms with E-state index >= 15 is 0 Å². The van der Waals surface area contributed by atoms with Crippen LogP contribution in [0.15, 0.2) is 24.4 Å². The lowest BCUT2D eigenvalue weighted by Gasteiger charge is -2.09. The molecule has 0 unspecified atom stereocenters. The van der Waals surface area contributed by atoms with Crippen LogP contribution in [0.3, 0.4) is 0 Å². The molecule has 0 N–H and O–H groups in total. The Balaban J connectivity index is 2.73. The van der Waals surface area contributed by atoms with Crippen LogP contribution >= 0.6 is 34.8 Å². The summed E-state index contributed by atoms with van der Waals surface area (Å²) in [4.78, 5) is 11.4. The fourth-order valence-electron chi connectivity index (χ4n) is 1.53. The van der Waals surface area contributed by atoms with Crippen LogP contribution in [-0.4, -0.2) is 15.0 Å². The summed E-state index contributed by atoms with van der Waals surface area (Å²) in [6.45, 7) is 1.74. The maximum atomic E-state index is 11.4. The van der Waals surface area contributed by atoms with Crippen molar-refractivity contribution in [2.24, 2.45) is 0 Å². The Hall–Kier alpha value is -1.03. The number of benzene rings is 1. The van der Waals surface area contributed by atoms with Gasteiger partial charge in [-0.3, -0.25) is 4.79 Å². The first kappa shape index (κ1) is 12.4. The van der Waals surface area contributed by atoms with Crippen molar-refractivity contribution < 1.29 is 4.79 Å². The zero-order valence-electron chi connectivity index (χ0n) is 8.75. The van der Waals surface area contributed by atoms with Crippen molar-refractivity contribution in [3.8, 4) is 5.69 Å². The van der Waals surface area contributed by atoms with E-state index in [1.165, 1.54) is 10.9 Å². The van der Waals surface area contributed by atoms with Gasteiger partial charge in [0, 0.05) is 0 Å². The van der Waals surface area contributed by atoms with Crippen molar-refractivity contribution >= 4 is 40.0 Å². The summed E-state index contributed by atoms with van der Waals surface area (Å²) in [5, 5.41) is 4.28. The molecule has 0 spiro atoms. The molecule has 17 heavy (non-hydrogen) atoms. The number of hydrogen-bond acceptors (Lipinski definition) is 2. The second-order valence-electron chi connectivity index (χ2n) is 3.43. The molecular weight excluding hydrogens is 282 g/mol. The number of halogens is 3. The van der Waals surface area contributed by atoms with Crippen LogP contribution < -0.4 is 0 Å². The van der Waals surface area contributed by atoms with Gasteiger partial charge in [-0.25, -0.2) is 4.68 Å². The van der Waals surface area contributed by atoms with Gasteiger partial charge in [-0.2, -0.15) is 5.10 Å². The lowest BCUT2D eigenvalue weighted by atomic mass is 10.2. The molecule has 1 heterocycles. The minimum atomic E-state index is -0.601. The second-order valence-corrected chi connectivity index (χ2v) is 4.59. The Morgan fingerprint density at radius 3 is 2.41 bits per heavy atom. The van der Waals surface area contributed by atoms with Gasteiger partial charge in [0.1, 0.15) is 11.4 Å². The van der Waals surface area contributed by atoms with Crippen molar-refractivity contribution in [2.75, 3.05) is 0 Å². The van der Waals surface area contributed by atoms with Crippen LogP contribution in [0.5, 0.6) is 0 Å². The smallest absolute Gasteiger partial charge is 0.271 e. The summed E-state index contributed by atoms with van der Waals surface area (Å²) in [6, 6.07) is 5.05. The van der Waals surface area contributed by atoms with E-state index in [4.69, 9.17) is 34.8 Å². The Morgan fingerprint density at radius 2 is 1.88 bits per heavy atom. The molecule has 0 fully saturated rings. The SMILES string of the molecule is Cc1cnn(-c2c(Cl)cccc2Cl)c1C(=O)Cl. The van der Waals surface area contributed by atoms with Gasteiger partial charge in [0.25, 0.3) is 5.24 Å². The highest BCUT2D eigenvalue weighted by molar-refractivity contribution is 6.67. The van der Waals surface area contributed by atoms with E-state index in [0.717, 1.165) is 0 Å². The first-order valence-electron chi connectivity index (χ1n) is 4.71. The standard InChI is InChI=1S/C11H7Cl3N2O/c1-6-5-15-16(9(6)11(14)17)10-7(12)3-2-4-8(10)13/h2-5H,1H3. The summed E-state index contributed by atoms with van der Waals surface area (Å²) in [5.74, 6) is 0. The van der Waals surface area contributed by atoms with Gasteiger partial charge in [-0.05, 0) is 36.2 Å². The van der Waals surface area contributed by atoms with E-state index in [0.29, 0.717) is 21.3 Å². The average Bonchev–Trinajstić information content (AvgIpc) is 2.60. The maximum absolute atomic E-state index is 11.4. The predicted molar refractivity (Wildman–Crippen MR) is 68.5 cm³/mol. The molecule has 0 saturated heterocycles. The number of nitrogens with zero attached hydrogens (tertiary/aromatic N) is 2. The van der Waals surface area contributed by atoms with E-state index in [1.807, 2.05) is 0 Å². The molecule has 2 aromatic rings. The molecule has 0 bridgehead atoms. The van der Waals surface area contributed by atoms with Crippen LogP contribution in [-0.2, 0) is 0 Å². The summed E-state index contributed by atoms with van der Waals surface area (Å²) in [7, 11) is 0. The third-order valence-electron chi connectivity index (χ3n) is 2.29. The highest BCUT2D eigenvalue weighted by atomic mass is 35.5. The molecule has 6 heteroatoms. The lowest BCUT2D eigenvalue weighted by Crippen LogP contribution is -2.07. The quantitative estimate of drug-likeness (QED) is 0.787. The summed E-state index contributed by atoms with van der Waals surface area (Å²) < 4.78 is 1.36. The molecule has 0 aliphatic rings. The topological polar surface area (TPSA) is 34.9 Å². The molecule has 0 amide bonds. The fraction of sp³-hybridized carbons (Fsp3) is 0.0909. The normalized spacial score (nSPS) is 10.6. The molecule has 1 aromatic carbocycles. The van der Waals surface area contributed by atoms with Crippen LogP contribution in [0.4, 0.5) is 0 Å². The van der Waals surface area contributed by atoms with Crippen LogP contribution in [0.1, 0.15) is 16.1 Å². The average molecular weight is 290 g/mol. The van der Waals surface area contributed by atoms with Gasteiger partial charge in [-0.1, -0.05) is 29.3 Å². The lowest BCUT2D eigenvalue weighted by molar-refractivity contribution is 0.107. The third kappa shape index (κ3) is 2.18. The van der Waals surface area contributed by atoms with E-state index in [2.05, 4.69) is 5.10 Å². The number of aromatic nitrogens is 2. The molecule has 2 rings (SSSR count). The van der Waals surface area contributed by atoms with Crippen molar-refractivity contribution in [1.29, 1.82) is 0 Å². The van der Waals surface area contributed by atoms with E-state index in [1.54, 1.807) is 25.1 Å². The Morgan fingerprint density at radius 1 is 1.29 bits per heavy atom. The Kier molecular flexibility index (Phi) is 3.43. The number of carbonyl (C=O) groups excluding carboxylic acids is 1. The predicted octanol–water partition coefficient (Wildman–Crippen LogP) is 3.87. The molecule has 1 aromatic heterocycles. The van der Waals surface area contributed by atoms with Gasteiger partial charge >= 0.3 is 0 Å². The molecule has 3 nitrogen and oxygen atoms in total. The number of para-hydroxylation sites is 1. The third-order valence-corrected chi connectivity index (χ3v) is 3.08. The Labute approximate surface area is 113 Å². The molecule has 0 aliphatic carbocycles. The molecule has 88 valence electrons. The number of carbonyl (C=O) groups is 1. The molecule has 0 radical (unpaired) electrons. The Bertz CT molecular complexity index is 572. The molecular formula is C11H7Cl3N2O. The zero-order chi connectivity index (χ0) is 12.6. The van der Waals surface area contributed by atoms with E-state index in [9.17, 15) is 4.79 Å². The molecule has 0 atom stereocenters. The number of hydrogen-bond donors (Lipinski definition) is 0. The maximum Gasteiger partial charge on any atom is 0.271 e. The van der Waals surface area contributed by atoms with Gasteiger partial charge in [0.2, 0.25) is 0 Å². The van der Waals surface area contributed by atoms with Crippen molar-refractivity contribution in [3.63, 3.8) is 0 Å². The number of rotatable bonds is 2. The summed E-state index contributed by atoms with van der Waals surface area (Å²) in [5.41, 5.74) is 1.38. The summed E-state index contributed by atoms with van der Waals surface area (Å²) >= 11 is 17.6. The van der Waals surface area contributed by atoms with E-state index in [-0.39, 0.29) is 5.69 Å². The second kappa shape index (κ2) is 4.69. The first-order chi connectivity index (χ1) is 8.02. The largest absolute Gasteiger partial charge is 0.274 e. The minimum Gasteiger partial charge on any atom is -0.274 e. The monoisotopic (exact) mass is 288 g/mol. The fourth-order valence-corrected chi connectivity index (χ4v) is 2.32. The highest BCUT2D eigenvalue weighted by Crippen LogP contribution is 2.29. The zero-order valence-corrected chi connectivity index (χ0v) is 11.0. The highest BCUT2D eigenvalue weighted by Gasteiger charge is 2.18.